The highest BCUT2D eigenvalue weighted by atomic mass is 35.5. The third-order valence-corrected chi connectivity index (χ3v) is 5.81. The van der Waals surface area contributed by atoms with Gasteiger partial charge in [-0.3, -0.25) is 14.9 Å². The van der Waals surface area contributed by atoms with Gasteiger partial charge in [-0.2, -0.15) is 0 Å². The third-order valence-electron chi connectivity index (χ3n) is 5.40. The van der Waals surface area contributed by atoms with Crippen LogP contribution in [0.15, 0.2) is 72.3 Å². The van der Waals surface area contributed by atoms with Crippen LogP contribution in [0, 0.1) is 6.92 Å². The smallest absolute Gasteiger partial charge is 0.335 e. The molecule has 7 nitrogen and oxygen atoms in total. The Labute approximate surface area is 207 Å². The minimum atomic E-state index is -0.831. The van der Waals surface area contributed by atoms with Gasteiger partial charge in [0, 0.05) is 5.02 Å². The number of carbonyl (C=O) groups is 3. The SMILES string of the molecule is CCOc1cc(/C=C2\C(=O)NC(=O)N(c3cccc(Cl)c3C)C2=O)ccc1OCc1ccccc1. The van der Waals surface area contributed by atoms with Crippen molar-refractivity contribution in [2.45, 2.75) is 20.5 Å². The number of anilines is 1. The summed E-state index contributed by atoms with van der Waals surface area (Å²) >= 11 is 6.17. The molecule has 1 aliphatic rings. The number of carbonyl (C=O) groups excluding carboxylic acids is 3. The highest BCUT2D eigenvalue weighted by molar-refractivity contribution is 6.39. The molecule has 0 unspecified atom stereocenters. The van der Waals surface area contributed by atoms with E-state index in [-0.39, 0.29) is 5.57 Å². The van der Waals surface area contributed by atoms with Gasteiger partial charge in [0.15, 0.2) is 11.5 Å². The summed E-state index contributed by atoms with van der Waals surface area (Å²) in [6, 6.07) is 18.9. The van der Waals surface area contributed by atoms with Crippen molar-refractivity contribution in [3.8, 4) is 11.5 Å². The highest BCUT2D eigenvalue weighted by Crippen LogP contribution is 2.32. The van der Waals surface area contributed by atoms with Crippen molar-refractivity contribution in [3.05, 3.63) is 94.0 Å². The van der Waals surface area contributed by atoms with Crippen LogP contribution in [0.25, 0.3) is 6.08 Å². The van der Waals surface area contributed by atoms with Crippen LogP contribution < -0.4 is 19.7 Å². The average molecular weight is 491 g/mol. The molecule has 0 aliphatic carbocycles. The van der Waals surface area contributed by atoms with E-state index in [0.29, 0.717) is 46.5 Å². The molecule has 1 aliphatic heterocycles. The van der Waals surface area contributed by atoms with Gasteiger partial charge >= 0.3 is 6.03 Å². The van der Waals surface area contributed by atoms with Gasteiger partial charge in [0.05, 0.1) is 12.3 Å². The number of amides is 4. The van der Waals surface area contributed by atoms with Crippen LogP contribution in [0.5, 0.6) is 11.5 Å². The maximum Gasteiger partial charge on any atom is 0.335 e. The summed E-state index contributed by atoms with van der Waals surface area (Å²) in [4.78, 5) is 39.2. The van der Waals surface area contributed by atoms with Crippen molar-refractivity contribution in [2.24, 2.45) is 0 Å². The van der Waals surface area contributed by atoms with Crippen molar-refractivity contribution >= 4 is 41.2 Å². The molecule has 178 valence electrons. The summed E-state index contributed by atoms with van der Waals surface area (Å²) in [6.45, 7) is 4.30. The maximum atomic E-state index is 13.2. The van der Waals surface area contributed by atoms with Crippen LogP contribution in [0.1, 0.15) is 23.6 Å². The molecule has 8 heteroatoms. The van der Waals surface area contributed by atoms with Crippen LogP contribution in [0.2, 0.25) is 5.02 Å². The van der Waals surface area contributed by atoms with Gasteiger partial charge < -0.3 is 9.47 Å². The minimum absolute atomic E-state index is 0.190. The van der Waals surface area contributed by atoms with E-state index in [2.05, 4.69) is 5.32 Å². The Morgan fingerprint density at radius 2 is 1.71 bits per heavy atom. The zero-order valence-corrected chi connectivity index (χ0v) is 20.0. The fraction of sp³-hybridized carbons (Fsp3) is 0.148. The number of ether oxygens (including phenoxy) is 2. The molecule has 0 aromatic heterocycles. The molecule has 0 saturated carbocycles. The lowest BCUT2D eigenvalue weighted by molar-refractivity contribution is -0.122. The second-order valence-corrected chi connectivity index (χ2v) is 8.16. The molecule has 1 saturated heterocycles. The predicted molar refractivity (Wildman–Crippen MR) is 134 cm³/mol. The Bertz CT molecular complexity index is 1320. The molecule has 0 spiro atoms. The molecule has 0 atom stereocenters. The van der Waals surface area contributed by atoms with E-state index >= 15 is 0 Å². The Hall–Kier alpha value is -4.10. The summed E-state index contributed by atoms with van der Waals surface area (Å²) < 4.78 is 11.6. The van der Waals surface area contributed by atoms with Crippen LogP contribution in [-0.2, 0) is 16.2 Å². The highest BCUT2D eigenvalue weighted by Gasteiger charge is 2.37. The zero-order valence-electron chi connectivity index (χ0n) is 19.2. The van der Waals surface area contributed by atoms with E-state index in [0.717, 1.165) is 10.5 Å². The quantitative estimate of drug-likeness (QED) is 0.359. The number of nitrogens with one attached hydrogen (secondary N) is 1. The molecule has 1 N–H and O–H groups in total. The molecular formula is C27H23ClN2O5. The zero-order chi connectivity index (χ0) is 24.9. The normalized spacial score (nSPS) is 14.8. The lowest BCUT2D eigenvalue weighted by atomic mass is 10.1. The number of benzene rings is 3. The van der Waals surface area contributed by atoms with E-state index in [1.165, 1.54) is 6.08 Å². The molecule has 0 bridgehead atoms. The number of hydrogen-bond donors (Lipinski definition) is 1. The molecular weight excluding hydrogens is 468 g/mol. The lowest BCUT2D eigenvalue weighted by Crippen LogP contribution is -2.54. The molecule has 3 aromatic rings. The number of imide groups is 2. The number of rotatable bonds is 7. The van der Waals surface area contributed by atoms with Gasteiger partial charge in [0.1, 0.15) is 12.2 Å². The summed E-state index contributed by atoms with van der Waals surface area (Å²) in [6.07, 6.45) is 1.42. The van der Waals surface area contributed by atoms with E-state index in [9.17, 15) is 14.4 Å². The fourth-order valence-electron chi connectivity index (χ4n) is 3.62. The van der Waals surface area contributed by atoms with Crippen molar-refractivity contribution < 1.29 is 23.9 Å². The van der Waals surface area contributed by atoms with Gasteiger partial charge in [0.25, 0.3) is 11.8 Å². The Morgan fingerprint density at radius 1 is 0.943 bits per heavy atom. The number of halogens is 1. The van der Waals surface area contributed by atoms with Crippen LogP contribution in [0.4, 0.5) is 10.5 Å². The van der Waals surface area contributed by atoms with E-state index < -0.39 is 17.8 Å². The molecule has 4 rings (SSSR count). The molecule has 4 amide bonds. The summed E-state index contributed by atoms with van der Waals surface area (Å²) in [5, 5.41) is 2.63. The van der Waals surface area contributed by atoms with Crippen LogP contribution in [0.3, 0.4) is 0 Å². The first-order chi connectivity index (χ1) is 16.9. The Kier molecular flexibility index (Phi) is 7.17. The van der Waals surface area contributed by atoms with Gasteiger partial charge in [-0.15, -0.1) is 0 Å². The van der Waals surface area contributed by atoms with E-state index in [4.69, 9.17) is 21.1 Å². The molecule has 1 heterocycles. The number of nitrogens with zero attached hydrogens (tertiary/aromatic N) is 1. The molecule has 0 radical (unpaired) electrons. The summed E-state index contributed by atoms with van der Waals surface area (Å²) in [5.41, 5.74) is 2.20. The maximum absolute atomic E-state index is 13.2. The summed E-state index contributed by atoms with van der Waals surface area (Å²) in [5.74, 6) is -0.520. The minimum Gasteiger partial charge on any atom is -0.490 e. The Morgan fingerprint density at radius 3 is 2.46 bits per heavy atom. The second-order valence-electron chi connectivity index (χ2n) is 7.76. The number of urea groups is 1. The van der Waals surface area contributed by atoms with Crippen molar-refractivity contribution in [2.75, 3.05) is 11.5 Å². The fourth-order valence-corrected chi connectivity index (χ4v) is 3.79. The first kappa shape index (κ1) is 24.0. The molecule has 3 aromatic carbocycles. The number of barbiturate groups is 1. The predicted octanol–water partition coefficient (Wildman–Crippen LogP) is 5.29. The van der Waals surface area contributed by atoms with Gasteiger partial charge in [-0.05, 0) is 60.9 Å². The lowest BCUT2D eigenvalue weighted by Gasteiger charge is -2.27. The van der Waals surface area contributed by atoms with Gasteiger partial charge in [-0.1, -0.05) is 54.1 Å². The standard InChI is InChI=1S/C27H23ClN2O5/c1-3-34-24-15-19(12-13-23(24)35-16-18-8-5-4-6-9-18)14-20-25(31)29-27(33)30(26(20)32)22-11-7-10-21(28)17(22)2/h4-15H,3,16H2,1-2H3,(H,29,31,33)/b20-14+. The van der Waals surface area contributed by atoms with Gasteiger partial charge in [-0.25, -0.2) is 9.69 Å². The topological polar surface area (TPSA) is 84.9 Å². The average Bonchev–Trinajstić information content (AvgIpc) is 2.84. The van der Waals surface area contributed by atoms with Crippen molar-refractivity contribution in [1.29, 1.82) is 0 Å². The largest absolute Gasteiger partial charge is 0.490 e. The van der Waals surface area contributed by atoms with Crippen molar-refractivity contribution in [1.82, 2.24) is 5.32 Å². The summed E-state index contributed by atoms with van der Waals surface area (Å²) in [7, 11) is 0. The first-order valence-corrected chi connectivity index (χ1v) is 11.4. The van der Waals surface area contributed by atoms with Crippen LogP contribution in [-0.4, -0.2) is 24.5 Å². The third kappa shape index (κ3) is 5.20. The van der Waals surface area contributed by atoms with Crippen molar-refractivity contribution in [3.63, 3.8) is 0 Å². The first-order valence-electron chi connectivity index (χ1n) is 11.0. The van der Waals surface area contributed by atoms with Crippen LogP contribution >= 0.6 is 11.6 Å². The van der Waals surface area contributed by atoms with Gasteiger partial charge in [0.2, 0.25) is 0 Å². The molecule has 1 fully saturated rings. The monoisotopic (exact) mass is 490 g/mol. The number of hydrogen-bond acceptors (Lipinski definition) is 5. The second kappa shape index (κ2) is 10.4. The molecule has 35 heavy (non-hydrogen) atoms. The van der Waals surface area contributed by atoms with E-state index in [1.807, 2.05) is 37.3 Å². The Balaban J connectivity index is 1.64. The van der Waals surface area contributed by atoms with E-state index in [1.54, 1.807) is 43.3 Å².